The quantitative estimate of drug-likeness (QED) is 0.531. The number of hydrogen-bond donors (Lipinski definition) is 0. The van der Waals surface area contributed by atoms with Crippen LogP contribution < -0.4 is 10.3 Å². The van der Waals surface area contributed by atoms with Crippen LogP contribution >= 0.6 is 11.6 Å². The first-order valence-electron chi connectivity index (χ1n) is 8.30. The largest absolute Gasteiger partial charge is 0.497 e. The second-order valence-electron chi connectivity index (χ2n) is 6.04. The standard InChI is InChI=1S/C19H16ClN5O2/c1-27-15-7-4-5-13(9-15)10-24-12-21-18-17(19(24)26)22-23-25(18)11-14-6-2-3-8-16(14)20/h2-9,12H,10-11H2,1H3. The Labute approximate surface area is 159 Å². The van der Waals surface area contributed by atoms with Crippen LogP contribution in [0.1, 0.15) is 11.1 Å². The van der Waals surface area contributed by atoms with Gasteiger partial charge < -0.3 is 4.74 Å². The molecule has 0 amide bonds. The van der Waals surface area contributed by atoms with Gasteiger partial charge >= 0.3 is 0 Å². The van der Waals surface area contributed by atoms with Gasteiger partial charge in [-0.05, 0) is 29.3 Å². The summed E-state index contributed by atoms with van der Waals surface area (Å²) in [7, 11) is 1.61. The minimum absolute atomic E-state index is 0.229. The molecule has 0 saturated heterocycles. The Hall–Kier alpha value is -3.19. The lowest BCUT2D eigenvalue weighted by Crippen LogP contribution is -2.21. The molecule has 0 unspecified atom stereocenters. The first-order chi connectivity index (χ1) is 13.2. The zero-order valence-electron chi connectivity index (χ0n) is 14.5. The Morgan fingerprint density at radius 2 is 1.96 bits per heavy atom. The van der Waals surface area contributed by atoms with Crippen LogP contribution in [-0.2, 0) is 13.1 Å². The van der Waals surface area contributed by atoms with Crippen LogP contribution in [0.5, 0.6) is 5.75 Å². The second-order valence-corrected chi connectivity index (χ2v) is 6.45. The number of fused-ring (bicyclic) bond motifs is 1. The SMILES string of the molecule is COc1cccc(Cn2cnc3c(nnn3Cc3ccccc3Cl)c2=O)c1. The number of methoxy groups -OCH3 is 1. The molecule has 2 aromatic heterocycles. The van der Waals surface area contributed by atoms with Crippen molar-refractivity contribution in [2.24, 2.45) is 0 Å². The number of halogens is 1. The van der Waals surface area contributed by atoms with Gasteiger partial charge in [0.1, 0.15) is 12.1 Å². The minimum atomic E-state index is -0.242. The van der Waals surface area contributed by atoms with Gasteiger partial charge in [0, 0.05) is 5.02 Å². The third kappa shape index (κ3) is 3.41. The van der Waals surface area contributed by atoms with Crippen LogP contribution in [0.25, 0.3) is 11.2 Å². The van der Waals surface area contributed by atoms with Crippen LogP contribution in [-0.4, -0.2) is 31.7 Å². The van der Waals surface area contributed by atoms with Gasteiger partial charge in [0.15, 0.2) is 11.2 Å². The lowest BCUT2D eigenvalue weighted by Gasteiger charge is -2.07. The maximum Gasteiger partial charge on any atom is 0.283 e. The number of benzene rings is 2. The number of ether oxygens (including phenoxy) is 1. The highest BCUT2D eigenvalue weighted by Gasteiger charge is 2.13. The Kier molecular flexibility index (Phi) is 4.60. The molecule has 0 aliphatic heterocycles. The Morgan fingerprint density at radius 3 is 2.78 bits per heavy atom. The van der Waals surface area contributed by atoms with Gasteiger partial charge in [-0.2, -0.15) is 0 Å². The normalized spacial score (nSPS) is 11.0. The first kappa shape index (κ1) is 17.2. The van der Waals surface area contributed by atoms with Crippen molar-refractivity contribution in [1.29, 1.82) is 0 Å². The number of aromatic nitrogens is 5. The van der Waals surface area contributed by atoms with E-state index in [1.54, 1.807) is 11.8 Å². The van der Waals surface area contributed by atoms with E-state index in [1.165, 1.54) is 10.9 Å². The van der Waals surface area contributed by atoms with Crippen molar-refractivity contribution < 1.29 is 4.74 Å². The fraction of sp³-hybridized carbons (Fsp3) is 0.158. The van der Waals surface area contributed by atoms with Gasteiger partial charge in [-0.3, -0.25) is 9.36 Å². The molecular weight excluding hydrogens is 366 g/mol. The van der Waals surface area contributed by atoms with E-state index in [1.807, 2.05) is 48.5 Å². The zero-order chi connectivity index (χ0) is 18.8. The van der Waals surface area contributed by atoms with Crippen LogP contribution in [0.4, 0.5) is 0 Å². The predicted molar refractivity (Wildman–Crippen MR) is 102 cm³/mol. The van der Waals surface area contributed by atoms with E-state index in [2.05, 4.69) is 15.3 Å². The van der Waals surface area contributed by atoms with Crippen LogP contribution in [0.2, 0.25) is 5.02 Å². The Morgan fingerprint density at radius 1 is 1.11 bits per heavy atom. The predicted octanol–water partition coefficient (Wildman–Crippen LogP) is 2.75. The van der Waals surface area contributed by atoms with Crippen molar-refractivity contribution in [2.45, 2.75) is 13.1 Å². The molecular formula is C19H16ClN5O2. The molecule has 0 radical (unpaired) electrons. The summed E-state index contributed by atoms with van der Waals surface area (Å²) in [5.74, 6) is 0.736. The lowest BCUT2D eigenvalue weighted by molar-refractivity contribution is 0.414. The van der Waals surface area contributed by atoms with Crippen molar-refractivity contribution in [3.05, 3.63) is 81.4 Å². The van der Waals surface area contributed by atoms with Crippen molar-refractivity contribution in [3.63, 3.8) is 0 Å². The molecule has 27 heavy (non-hydrogen) atoms. The summed E-state index contributed by atoms with van der Waals surface area (Å²) < 4.78 is 8.31. The van der Waals surface area contributed by atoms with Gasteiger partial charge in [-0.25, -0.2) is 9.67 Å². The molecule has 8 heteroatoms. The molecule has 0 aliphatic rings. The van der Waals surface area contributed by atoms with E-state index in [0.717, 1.165) is 16.9 Å². The van der Waals surface area contributed by atoms with Crippen molar-refractivity contribution >= 4 is 22.8 Å². The van der Waals surface area contributed by atoms with Crippen LogP contribution in [0, 0.1) is 0 Å². The third-order valence-corrected chi connectivity index (χ3v) is 4.63. The molecule has 0 N–H and O–H groups in total. The fourth-order valence-electron chi connectivity index (χ4n) is 2.86. The maximum absolute atomic E-state index is 12.8. The summed E-state index contributed by atoms with van der Waals surface area (Å²) in [4.78, 5) is 17.2. The van der Waals surface area contributed by atoms with Crippen molar-refractivity contribution in [3.8, 4) is 5.75 Å². The Balaban J connectivity index is 1.67. The van der Waals surface area contributed by atoms with Gasteiger partial charge in [-0.1, -0.05) is 47.1 Å². The highest BCUT2D eigenvalue weighted by molar-refractivity contribution is 6.31. The maximum atomic E-state index is 12.8. The van der Waals surface area contributed by atoms with Gasteiger partial charge in [-0.15, -0.1) is 5.10 Å². The molecule has 0 aliphatic carbocycles. The molecule has 2 aromatic carbocycles. The summed E-state index contributed by atoms with van der Waals surface area (Å²) >= 11 is 6.21. The highest BCUT2D eigenvalue weighted by atomic mass is 35.5. The molecule has 0 bridgehead atoms. The highest BCUT2D eigenvalue weighted by Crippen LogP contribution is 2.17. The van der Waals surface area contributed by atoms with Crippen LogP contribution in [0.15, 0.2) is 59.7 Å². The molecule has 0 atom stereocenters. The molecule has 7 nitrogen and oxygen atoms in total. The van der Waals surface area contributed by atoms with E-state index in [-0.39, 0.29) is 11.1 Å². The lowest BCUT2D eigenvalue weighted by atomic mass is 10.2. The summed E-state index contributed by atoms with van der Waals surface area (Å²) in [5.41, 5.74) is 2.23. The van der Waals surface area contributed by atoms with E-state index < -0.39 is 0 Å². The van der Waals surface area contributed by atoms with Crippen LogP contribution in [0.3, 0.4) is 0 Å². The minimum Gasteiger partial charge on any atom is -0.497 e. The molecule has 0 fully saturated rings. The molecule has 4 aromatic rings. The number of rotatable bonds is 5. The first-order valence-corrected chi connectivity index (χ1v) is 8.68. The van der Waals surface area contributed by atoms with Crippen molar-refractivity contribution in [1.82, 2.24) is 24.5 Å². The van der Waals surface area contributed by atoms with E-state index in [0.29, 0.717) is 23.8 Å². The molecule has 4 rings (SSSR count). The summed E-state index contributed by atoms with van der Waals surface area (Å²) in [6.07, 6.45) is 1.51. The average Bonchev–Trinajstić information content (AvgIpc) is 3.09. The second kappa shape index (κ2) is 7.20. The third-order valence-electron chi connectivity index (χ3n) is 4.26. The summed E-state index contributed by atoms with van der Waals surface area (Å²) in [5, 5.41) is 8.74. The fourth-order valence-corrected chi connectivity index (χ4v) is 3.06. The smallest absolute Gasteiger partial charge is 0.283 e. The summed E-state index contributed by atoms with van der Waals surface area (Å²) in [6, 6.07) is 15.0. The van der Waals surface area contributed by atoms with Gasteiger partial charge in [0.05, 0.1) is 20.2 Å². The molecule has 2 heterocycles. The van der Waals surface area contributed by atoms with Crippen molar-refractivity contribution in [2.75, 3.05) is 7.11 Å². The molecule has 0 saturated carbocycles. The number of nitrogens with zero attached hydrogens (tertiary/aromatic N) is 5. The average molecular weight is 382 g/mol. The molecule has 136 valence electrons. The van der Waals surface area contributed by atoms with E-state index in [4.69, 9.17) is 16.3 Å². The molecule has 0 spiro atoms. The van der Waals surface area contributed by atoms with E-state index in [9.17, 15) is 4.79 Å². The Bertz CT molecular complexity index is 1170. The summed E-state index contributed by atoms with van der Waals surface area (Å²) in [6.45, 7) is 0.763. The zero-order valence-corrected chi connectivity index (χ0v) is 15.3. The van der Waals surface area contributed by atoms with Gasteiger partial charge in [0.25, 0.3) is 5.56 Å². The number of hydrogen-bond acceptors (Lipinski definition) is 5. The monoisotopic (exact) mass is 381 g/mol. The topological polar surface area (TPSA) is 74.8 Å². The van der Waals surface area contributed by atoms with E-state index >= 15 is 0 Å². The van der Waals surface area contributed by atoms with Gasteiger partial charge in [0.2, 0.25) is 0 Å².